The number of benzene rings is 2. The molecule has 4 atom stereocenters. The van der Waals surface area contributed by atoms with Crippen LogP contribution in [0.4, 0.5) is 11.4 Å². The van der Waals surface area contributed by atoms with Crippen molar-refractivity contribution >= 4 is 46.4 Å². The molecule has 39 heavy (non-hydrogen) atoms. The first-order chi connectivity index (χ1) is 18.6. The molecular formula is C29H21ClN2O7. The molecule has 1 aliphatic heterocycles. The first kappa shape index (κ1) is 24.9. The molecule has 2 amide bonds. The van der Waals surface area contributed by atoms with Gasteiger partial charge in [0.2, 0.25) is 11.8 Å². The van der Waals surface area contributed by atoms with Gasteiger partial charge in [-0.1, -0.05) is 29.3 Å². The first-order valence-corrected chi connectivity index (χ1v) is 12.8. The molecule has 0 unspecified atom stereocenters. The summed E-state index contributed by atoms with van der Waals surface area (Å²) in [6.45, 7) is 1.55. The molecule has 3 aliphatic carbocycles. The SMILES string of the molecule is CC1=CC(=O)C2=C(C[C@@H]3C(=CC[C@@H]4C(=O)N(c5cccc([N+](=O)[O-])c5)C(=O)[C@@H]43)[C@@H]2c2cc(Cl)ccc2O)C1=O. The number of Topliss-reactive ketones (excluding diaryl/α,β-unsaturated/α-hetero) is 1. The Hall–Kier alpha value is -4.37. The summed E-state index contributed by atoms with van der Waals surface area (Å²) in [5.41, 5.74) is 1.66. The average Bonchev–Trinajstić information content (AvgIpc) is 3.17. The van der Waals surface area contributed by atoms with Gasteiger partial charge in [0.25, 0.3) is 5.69 Å². The Morgan fingerprint density at radius 3 is 2.56 bits per heavy atom. The average molecular weight is 545 g/mol. The number of imide groups is 1. The summed E-state index contributed by atoms with van der Waals surface area (Å²) in [5, 5.41) is 22.5. The minimum atomic E-state index is -0.844. The minimum absolute atomic E-state index is 0.0811. The Labute approximate surface area is 227 Å². The number of rotatable bonds is 3. The maximum Gasteiger partial charge on any atom is 0.271 e. The number of carbonyl (C=O) groups is 4. The third kappa shape index (κ3) is 3.68. The van der Waals surface area contributed by atoms with E-state index >= 15 is 0 Å². The van der Waals surface area contributed by atoms with Gasteiger partial charge in [0.05, 0.1) is 22.4 Å². The number of non-ortho nitro benzene ring substituents is 1. The molecule has 2 aromatic rings. The van der Waals surface area contributed by atoms with Gasteiger partial charge in [-0.2, -0.15) is 0 Å². The Bertz CT molecular complexity index is 1640. The summed E-state index contributed by atoms with van der Waals surface area (Å²) in [6, 6.07) is 9.82. The molecule has 9 nitrogen and oxygen atoms in total. The Morgan fingerprint density at radius 2 is 1.82 bits per heavy atom. The van der Waals surface area contributed by atoms with Gasteiger partial charge in [-0.25, -0.2) is 4.90 Å². The number of fused-ring (bicyclic) bond motifs is 3. The highest BCUT2D eigenvalue weighted by molar-refractivity contribution is 6.30. The zero-order valence-electron chi connectivity index (χ0n) is 20.6. The van der Waals surface area contributed by atoms with Gasteiger partial charge in [-0.3, -0.25) is 29.3 Å². The fourth-order valence-electron chi connectivity index (χ4n) is 6.49. The van der Waals surface area contributed by atoms with E-state index in [4.69, 9.17) is 11.6 Å². The maximum absolute atomic E-state index is 13.9. The molecule has 0 saturated carbocycles. The van der Waals surface area contributed by atoms with E-state index < -0.39 is 40.4 Å². The van der Waals surface area contributed by atoms with Crippen molar-refractivity contribution in [1.82, 2.24) is 0 Å². The lowest BCUT2D eigenvalue weighted by Gasteiger charge is -2.42. The molecule has 1 N–H and O–H groups in total. The second-order valence-electron chi connectivity index (χ2n) is 10.2. The lowest BCUT2D eigenvalue weighted by molar-refractivity contribution is -0.384. The zero-order chi connectivity index (χ0) is 27.7. The van der Waals surface area contributed by atoms with Gasteiger partial charge >= 0.3 is 0 Å². The summed E-state index contributed by atoms with van der Waals surface area (Å²) in [4.78, 5) is 65.7. The first-order valence-electron chi connectivity index (χ1n) is 12.4. The Morgan fingerprint density at radius 1 is 1.05 bits per heavy atom. The predicted octanol–water partition coefficient (Wildman–Crippen LogP) is 4.59. The predicted molar refractivity (Wildman–Crippen MR) is 140 cm³/mol. The number of aromatic hydroxyl groups is 1. The number of nitrogens with zero attached hydrogens (tertiary/aromatic N) is 2. The normalized spacial score (nSPS) is 26.2. The number of hydrogen-bond donors (Lipinski definition) is 1. The second-order valence-corrected chi connectivity index (χ2v) is 10.7. The van der Waals surface area contributed by atoms with Gasteiger partial charge in [0.15, 0.2) is 11.6 Å². The Kier molecular flexibility index (Phi) is 5.65. The van der Waals surface area contributed by atoms with Crippen LogP contribution in [-0.4, -0.2) is 33.4 Å². The number of phenols is 1. The van der Waals surface area contributed by atoms with Gasteiger partial charge in [0.1, 0.15) is 5.75 Å². The van der Waals surface area contributed by atoms with Crippen LogP contribution in [0.5, 0.6) is 5.75 Å². The molecule has 0 aromatic heterocycles. The fourth-order valence-corrected chi connectivity index (χ4v) is 6.67. The quantitative estimate of drug-likeness (QED) is 0.196. The molecule has 2 aromatic carbocycles. The molecule has 0 bridgehead atoms. The van der Waals surface area contributed by atoms with E-state index in [9.17, 15) is 34.4 Å². The van der Waals surface area contributed by atoms with Gasteiger partial charge in [-0.05, 0) is 56.0 Å². The van der Waals surface area contributed by atoms with Crippen LogP contribution in [0, 0.1) is 27.9 Å². The third-order valence-corrected chi connectivity index (χ3v) is 8.40. The third-order valence-electron chi connectivity index (χ3n) is 8.16. The smallest absolute Gasteiger partial charge is 0.271 e. The van der Waals surface area contributed by atoms with Crippen LogP contribution in [0.25, 0.3) is 0 Å². The molecule has 1 heterocycles. The molecule has 196 valence electrons. The maximum atomic E-state index is 13.9. The van der Waals surface area contributed by atoms with Crippen LogP contribution < -0.4 is 4.90 Å². The van der Waals surface area contributed by atoms with Crippen LogP contribution in [-0.2, 0) is 19.2 Å². The number of halogens is 1. The van der Waals surface area contributed by atoms with Crippen molar-refractivity contribution in [3.8, 4) is 5.75 Å². The molecule has 0 radical (unpaired) electrons. The van der Waals surface area contributed by atoms with E-state index in [1.54, 1.807) is 13.0 Å². The van der Waals surface area contributed by atoms with Crippen LogP contribution >= 0.6 is 11.6 Å². The Balaban J connectivity index is 1.49. The highest BCUT2D eigenvalue weighted by Gasteiger charge is 2.57. The monoisotopic (exact) mass is 544 g/mol. The number of allylic oxidation sites excluding steroid dienone is 6. The molecule has 6 rings (SSSR count). The van der Waals surface area contributed by atoms with Crippen LogP contribution in [0.3, 0.4) is 0 Å². The minimum Gasteiger partial charge on any atom is -0.508 e. The van der Waals surface area contributed by atoms with E-state index in [1.807, 2.05) is 6.08 Å². The number of ketones is 2. The van der Waals surface area contributed by atoms with Crippen molar-refractivity contribution in [3.63, 3.8) is 0 Å². The van der Waals surface area contributed by atoms with E-state index in [1.165, 1.54) is 42.5 Å². The van der Waals surface area contributed by atoms with E-state index in [0.717, 1.165) is 4.90 Å². The molecule has 1 fully saturated rings. The van der Waals surface area contributed by atoms with Crippen molar-refractivity contribution in [2.45, 2.75) is 25.7 Å². The number of carbonyl (C=O) groups excluding carboxylic acids is 4. The van der Waals surface area contributed by atoms with Crippen molar-refractivity contribution in [3.05, 3.63) is 97.6 Å². The lowest BCUT2D eigenvalue weighted by atomic mass is 9.59. The summed E-state index contributed by atoms with van der Waals surface area (Å²) in [7, 11) is 0. The summed E-state index contributed by atoms with van der Waals surface area (Å²) in [6.07, 6.45) is 3.39. The van der Waals surface area contributed by atoms with Crippen molar-refractivity contribution in [1.29, 1.82) is 0 Å². The topological polar surface area (TPSA) is 135 Å². The van der Waals surface area contributed by atoms with Crippen molar-refractivity contribution in [2.75, 3.05) is 4.90 Å². The number of hydrogen-bond acceptors (Lipinski definition) is 7. The number of nitro groups is 1. The van der Waals surface area contributed by atoms with E-state index in [-0.39, 0.29) is 58.3 Å². The number of amides is 2. The number of phenolic OH excluding ortho intramolecular Hbond substituents is 1. The number of nitro benzene ring substituents is 1. The van der Waals surface area contributed by atoms with E-state index in [2.05, 4.69) is 0 Å². The van der Waals surface area contributed by atoms with Crippen LogP contribution in [0.1, 0.15) is 31.2 Å². The summed E-state index contributed by atoms with van der Waals surface area (Å²) < 4.78 is 0. The van der Waals surface area contributed by atoms with Crippen LogP contribution in [0.15, 0.2) is 76.9 Å². The zero-order valence-corrected chi connectivity index (χ0v) is 21.3. The summed E-state index contributed by atoms with van der Waals surface area (Å²) in [5.74, 6) is -4.76. The van der Waals surface area contributed by atoms with Crippen molar-refractivity contribution in [2.24, 2.45) is 17.8 Å². The fraction of sp³-hybridized carbons (Fsp3) is 0.241. The second kappa shape index (κ2) is 8.84. The van der Waals surface area contributed by atoms with Crippen molar-refractivity contribution < 1.29 is 29.2 Å². The van der Waals surface area contributed by atoms with Gasteiger partial charge < -0.3 is 5.11 Å². The van der Waals surface area contributed by atoms with Gasteiger partial charge in [-0.15, -0.1) is 0 Å². The molecule has 10 heteroatoms. The molecular weight excluding hydrogens is 524 g/mol. The molecule has 0 spiro atoms. The number of anilines is 1. The standard InChI is InChI=1S/C29H21ClN2O7/c1-13-9-23(34)26-21(27(13)35)12-19-17(24(26)20-10-14(30)5-8-22(20)33)6-7-18-25(19)29(37)31(28(18)36)15-3-2-4-16(11-15)32(38)39/h2-6,8-11,18-19,24-25,33H,7,12H2,1H3/t18-,19+,24+,25-/m0/s1. The molecule has 1 saturated heterocycles. The summed E-state index contributed by atoms with van der Waals surface area (Å²) >= 11 is 6.26. The highest BCUT2D eigenvalue weighted by Crippen LogP contribution is 2.56. The highest BCUT2D eigenvalue weighted by atomic mass is 35.5. The van der Waals surface area contributed by atoms with Gasteiger partial charge in [0, 0.05) is 45.4 Å². The van der Waals surface area contributed by atoms with Crippen LogP contribution in [0.2, 0.25) is 5.02 Å². The van der Waals surface area contributed by atoms with E-state index in [0.29, 0.717) is 16.2 Å². The largest absolute Gasteiger partial charge is 0.508 e. The lowest BCUT2D eigenvalue weighted by Crippen LogP contribution is -2.39. The molecule has 4 aliphatic rings.